The third-order valence-corrected chi connectivity index (χ3v) is 4.74. The summed E-state index contributed by atoms with van der Waals surface area (Å²) in [5, 5.41) is 0. The molecule has 0 unspecified atom stereocenters. The molecule has 23 heavy (non-hydrogen) atoms. The number of hydrogen-bond donors (Lipinski definition) is 0. The number of amides is 1. The number of rotatable bonds is 6. The van der Waals surface area contributed by atoms with E-state index in [1.54, 1.807) is 0 Å². The quantitative estimate of drug-likeness (QED) is 0.801. The van der Waals surface area contributed by atoms with E-state index in [9.17, 15) is 4.79 Å². The van der Waals surface area contributed by atoms with Gasteiger partial charge in [0, 0.05) is 26.2 Å². The molecule has 1 atom stereocenters. The van der Waals surface area contributed by atoms with Gasteiger partial charge in [0.1, 0.15) is 5.76 Å². The molecule has 2 aliphatic rings. The molecule has 1 aromatic rings. The number of carbonyl (C=O) groups is 1. The van der Waals surface area contributed by atoms with Crippen molar-refractivity contribution in [3.63, 3.8) is 0 Å². The first kappa shape index (κ1) is 16.5. The van der Waals surface area contributed by atoms with E-state index in [2.05, 4.69) is 9.88 Å². The van der Waals surface area contributed by atoms with Gasteiger partial charge in [-0.3, -0.25) is 9.69 Å². The van der Waals surface area contributed by atoms with Gasteiger partial charge in [-0.1, -0.05) is 0 Å². The number of likely N-dealkylation sites (tertiary alicyclic amines) is 1. The van der Waals surface area contributed by atoms with Gasteiger partial charge in [-0.2, -0.15) is 0 Å². The monoisotopic (exact) mass is 321 g/mol. The first-order valence-electron chi connectivity index (χ1n) is 8.66. The van der Waals surface area contributed by atoms with Gasteiger partial charge < -0.3 is 14.1 Å². The van der Waals surface area contributed by atoms with Crippen LogP contribution in [0.5, 0.6) is 0 Å². The van der Waals surface area contributed by atoms with Gasteiger partial charge in [0.05, 0.1) is 24.9 Å². The molecule has 0 aliphatic carbocycles. The molecule has 2 saturated heterocycles. The molecule has 0 spiro atoms. The Morgan fingerprint density at radius 3 is 2.70 bits per heavy atom. The van der Waals surface area contributed by atoms with Crippen molar-refractivity contribution in [2.24, 2.45) is 0 Å². The number of hydrogen-bond acceptors (Lipinski definition) is 5. The smallest absolute Gasteiger partial charge is 0.236 e. The van der Waals surface area contributed by atoms with Crippen molar-refractivity contribution in [1.82, 2.24) is 14.8 Å². The zero-order valence-electron chi connectivity index (χ0n) is 14.2. The lowest BCUT2D eigenvalue weighted by molar-refractivity contribution is -0.131. The molecule has 0 bridgehead atoms. The maximum absolute atomic E-state index is 12.5. The molecule has 1 aromatic heterocycles. The molecule has 6 heteroatoms. The lowest BCUT2D eigenvalue weighted by Gasteiger charge is -2.25. The summed E-state index contributed by atoms with van der Waals surface area (Å²) in [6, 6.07) is 0. The predicted octanol–water partition coefficient (Wildman–Crippen LogP) is 1.89. The standard InChI is InChI=1S/C17H27N3O3/c1-13-14(2)23-16(18-13)11-19(10-15-6-5-9-22-15)12-17(21)20-7-3-4-8-20/h15H,3-12H2,1-2H3/t15-/m1/s1. The Morgan fingerprint density at radius 2 is 2.09 bits per heavy atom. The second-order valence-electron chi connectivity index (χ2n) is 6.64. The second kappa shape index (κ2) is 7.45. The van der Waals surface area contributed by atoms with Crippen LogP contribution in [-0.4, -0.2) is 59.6 Å². The number of aromatic nitrogens is 1. The molecule has 128 valence electrons. The Hall–Kier alpha value is -1.40. The van der Waals surface area contributed by atoms with E-state index < -0.39 is 0 Å². The van der Waals surface area contributed by atoms with Crippen LogP contribution in [0, 0.1) is 13.8 Å². The maximum Gasteiger partial charge on any atom is 0.236 e. The van der Waals surface area contributed by atoms with E-state index in [1.165, 1.54) is 0 Å². The highest BCUT2D eigenvalue weighted by molar-refractivity contribution is 5.78. The zero-order chi connectivity index (χ0) is 16.2. The lowest BCUT2D eigenvalue weighted by atomic mass is 10.2. The highest BCUT2D eigenvalue weighted by Gasteiger charge is 2.25. The number of ether oxygens (including phenoxy) is 1. The molecule has 0 aromatic carbocycles. The summed E-state index contributed by atoms with van der Waals surface area (Å²) in [7, 11) is 0. The SMILES string of the molecule is Cc1nc(CN(CC(=O)N2CCCC2)C[C@H]2CCCO2)oc1C. The molecule has 3 rings (SSSR count). The van der Waals surface area contributed by atoms with Gasteiger partial charge in [0.25, 0.3) is 0 Å². The maximum atomic E-state index is 12.5. The predicted molar refractivity (Wildman–Crippen MR) is 86.0 cm³/mol. The van der Waals surface area contributed by atoms with Crippen molar-refractivity contribution in [3.05, 3.63) is 17.3 Å². The summed E-state index contributed by atoms with van der Waals surface area (Å²) >= 11 is 0. The van der Waals surface area contributed by atoms with Crippen LogP contribution >= 0.6 is 0 Å². The Balaban J connectivity index is 1.63. The first-order chi connectivity index (χ1) is 11.1. The lowest BCUT2D eigenvalue weighted by Crippen LogP contribution is -2.41. The molecule has 0 radical (unpaired) electrons. The van der Waals surface area contributed by atoms with Crippen molar-refractivity contribution in [3.8, 4) is 0 Å². The number of aryl methyl sites for hydroxylation is 2. The topological polar surface area (TPSA) is 58.8 Å². The number of carbonyl (C=O) groups excluding carboxylic acids is 1. The van der Waals surface area contributed by atoms with E-state index in [4.69, 9.17) is 9.15 Å². The van der Waals surface area contributed by atoms with E-state index in [0.717, 1.165) is 63.4 Å². The fourth-order valence-corrected chi connectivity index (χ4v) is 3.32. The van der Waals surface area contributed by atoms with E-state index >= 15 is 0 Å². The molecular weight excluding hydrogens is 294 g/mol. The molecule has 0 N–H and O–H groups in total. The van der Waals surface area contributed by atoms with Crippen molar-refractivity contribution < 1.29 is 13.9 Å². The average molecular weight is 321 g/mol. The van der Waals surface area contributed by atoms with Gasteiger partial charge in [-0.25, -0.2) is 4.98 Å². The molecule has 3 heterocycles. The van der Waals surface area contributed by atoms with Gasteiger partial charge >= 0.3 is 0 Å². The van der Waals surface area contributed by atoms with Crippen LogP contribution in [0.25, 0.3) is 0 Å². The molecule has 0 saturated carbocycles. The summed E-state index contributed by atoms with van der Waals surface area (Å²) < 4.78 is 11.4. The van der Waals surface area contributed by atoms with E-state index in [0.29, 0.717) is 19.0 Å². The number of nitrogens with zero attached hydrogens (tertiary/aromatic N) is 3. The van der Waals surface area contributed by atoms with Crippen LogP contribution in [0.4, 0.5) is 0 Å². The third-order valence-electron chi connectivity index (χ3n) is 4.74. The van der Waals surface area contributed by atoms with Gasteiger partial charge in [-0.05, 0) is 39.5 Å². The average Bonchev–Trinajstić information content (AvgIpc) is 3.23. The van der Waals surface area contributed by atoms with Crippen LogP contribution in [-0.2, 0) is 16.1 Å². The largest absolute Gasteiger partial charge is 0.444 e. The molecule has 2 fully saturated rings. The van der Waals surface area contributed by atoms with Crippen molar-refractivity contribution in [1.29, 1.82) is 0 Å². The number of oxazole rings is 1. The van der Waals surface area contributed by atoms with E-state index in [-0.39, 0.29) is 12.0 Å². The Morgan fingerprint density at radius 1 is 1.30 bits per heavy atom. The van der Waals surface area contributed by atoms with Gasteiger partial charge in [0.15, 0.2) is 0 Å². The summed E-state index contributed by atoms with van der Waals surface area (Å²) in [4.78, 5) is 21.0. The fourth-order valence-electron chi connectivity index (χ4n) is 3.32. The minimum absolute atomic E-state index is 0.209. The first-order valence-corrected chi connectivity index (χ1v) is 8.66. The second-order valence-corrected chi connectivity index (χ2v) is 6.64. The van der Waals surface area contributed by atoms with Crippen LogP contribution in [0.1, 0.15) is 43.0 Å². The molecular formula is C17H27N3O3. The van der Waals surface area contributed by atoms with Gasteiger partial charge in [-0.15, -0.1) is 0 Å². The van der Waals surface area contributed by atoms with E-state index in [1.807, 2.05) is 18.7 Å². The Bertz CT molecular complexity index is 512. The highest BCUT2D eigenvalue weighted by atomic mass is 16.5. The molecule has 6 nitrogen and oxygen atoms in total. The zero-order valence-corrected chi connectivity index (χ0v) is 14.2. The van der Waals surface area contributed by atoms with Crippen LogP contribution < -0.4 is 0 Å². The van der Waals surface area contributed by atoms with Crippen LogP contribution in [0.2, 0.25) is 0 Å². The molecule has 2 aliphatic heterocycles. The third kappa shape index (κ3) is 4.32. The normalized spacial score (nSPS) is 21.5. The fraction of sp³-hybridized carbons (Fsp3) is 0.765. The van der Waals surface area contributed by atoms with Crippen molar-refractivity contribution in [2.75, 3.05) is 32.8 Å². The summed E-state index contributed by atoms with van der Waals surface area (Å²) in [5.74, 6) is 1.75. The highest BCUT2D eigenvalue weighted by Crippen LogP contribution is 2.17. The van der Waals surface area contributed by atoms with Gasteiger partial charge in [0.2, 0.25) is 11.8 Å². The summed E-state index contributed by atoms with van der Waals surface area (Å²) in [6.07, 6.45) is 4.64. The minimum atomic E-state index is 0.209. The van der Waals surface area contributed by atoms with Crippen molar-refractivity contribution in [2.45, 2.75) is 52.2 Å². The minimum Gasteiger partial charge on any atom is -0.444 e. The van der Waals surface area contributed by atoms with Crippen LogP contribution in [0.15, 0.2) is 4.42 Å². The summed E-state index contributed by atoms with van der Waals surface area (Å²) in [6.45, 7) is 8.23. The summed E-state index contributed by atoms with van der Waals surface area (Å²) in [5.41, 5.74) is 0.919. The molecule has 1 amide bonds. The van der Waals surface area contributed by atoms with Crippen molar-refractivity contribution >= 4 is 5.91 Å². The Kier molecular flexibility index (Phi) is 5.33. The Labute approximate surface area is 137 Å². The van der Waals surface area contributed by atoms with Crippen LogP contribution in [0.3, 0.4) is 0 Å².